The van der Waals surface area contributed by atoms with Gasteiger partial charge in [-0.05, 0) is 78.7 Å². The van der Waals surface area contributed by atoms with Crippen LogP contribution in [-0.4, -0.2) is 17.7 Å². The first-order chi connectivity index (χ1) is 24.3. The van der Waals surface area contributed by atoms with Crippen molar-refractivity contribution in [3.63, 3.8) is 0 Å². The van der Waals surface area contributed by atoms with E-state index < -0.39 is 17.1 Å². The van der Waals surface area contributed by atoms with Crippen LogP contribution in [0.4, 0.5) is 11.4 Å². The van der Waals surface area contributed by atoms with Crippen molar-refractivity contribution in [1.82, 2.24) is 5.32 Å². The van der Waals surface area contributed by atoms with E-state index in [0.717, 1.165) is 21.6 Å². The largest absolute Gasteiger partial charge is 0.457 e. The maximum atomic E-state index is 13.6. The Morgan fingerprint density at radius 2 is 1.36 bits per heavy atom. The van der Waals surface area contributed by atoms with E-state index in [1.165, 1.54) is 17.8 Å². The number of halogens is 1. The zero-order chi connectivity index (χ0) is 34.9. The van der Waals surface area contributed by atoms with Crippen molar-refractivity contribution in [3.05, 3.63) is 179 Å². The first-order valence-electron chi connectivity index (χ1n) is 15.8. The molecule has 0 bridgehead atoms. The van der Waals surface area contributed by atoms with Gasteiger partial charge in [-0.1, -0.05) is 96.5 Å². The van der Waals surface area contributed by atoms with Crippen molar-refractivity contribution in [1.29, 1.82) is 0 Å². The highest BCUT2D eigenvalue weighted by molar-refractivity contribution is 8.00. The standard InChI is InChI=1S/C41H32ClN3O4S/c1-27-17-18-32(25-35(27)42)44-41(48)38(29-13-7-3-8-14-29)50-34-22-19-31(20-23-34)43-40(47)36(45-39(46)30-15-9-4-10-16-30)26-33-21-24-37(49-33)28-11-5-2-6-12-28/h2-26,38H,1H3,(H,43,47)(H,44,48)(H,45,46)/b36-26+/t38-/m1/s1. The van der Waals surface area contributed by atoms with Gasteiger partial charge in [-0.25, -0.2) is 0 Å². The molecule has 3 N–H and O–H groups in total. The van der Waals surface area contributed by atoms with Crippen molar-refractivity contribution in [2.24, 2.45) is 0 Å². The number of thioether (sulfide) groups is 1. The summed E-state index contributed by atoms with van der Waals surface area (Å²) in [4.78, 5) is 41.1. The van der Waals surface area contributed by atoms with Crippen molar-refractivity contribution in [2.45, 2.75) is 17.1 Å². The van der Waals surface area contributed by atoms with Crippen LogP contribution in [0.2, 0.25) is 5.02 Å². The molecule has 248 valence electrons. The maximum Gasteiger partial charge on any atom is 0.272 e. The fourth-order valence-corrected chi connectivity index (χ4v) is 6.21. The second kappa shape index (κ2) is 16.0. The lowest BCUT2D eigenvalue weighted by Crippen LogP contribution is -2.30. The van der Waals surface area contributed by atoms with Gasteiger partial charge in [0.1, 0.15) is 22.5 Å². The summed E-state index contributed by atoms with van der Waals surface area (Å²) >= 11 is 7.68. The van der Waals surface area contributed by atoms with E-state index >= 15 is 0 Å². The minimum absolute atomic E-state index is 0.00304. The number of hydrogen-bond acceptors (Lipinski definition) is 5. The fourth-order valence-electron chi connectivity index (χ4n) is 5.00. The molecule has 0 aliphatic rings. The number of furan rings is 1. The molecule has 1 atom stereocenters. The van der Waals surface area contributed by atoms with Gasteiger partial charge in [-0.3, -0.25) is 14.4 Å². The second-order valence-electron chi connectivity index (χ2n) is 11.3. The predicted octanol–water partition coefficient (Wildman–Crippen LogP) is 9.79. The molecular weight excluding hydrogens is 666 g/mol. The summed E-state index contributed by atoms with van der Waals surface area (Å²) in [6, 6.07) is 43.9. The molecule has 0 aliphatic carbocycles. The van der Waals surface area contributed by atoms with Crippen LogP contribution < -0.4 is 16.0 Å². The van der Waals surface area contributed by atoms with Crippen LogP contribution >= 0.6 is 23.4 Å². The summed E-state index contributed by atoms with van der Waals surface area (Å²) in [5, 5.41) is 8.61. The van der Waals surface area contributed by atoms with Gasteiger partial charge in [-0.15, -0.1) is 11.8 Å². The smallest absolute Gasteiger partial charge is 0.272 e. The van der Waals surface area contributed by atoms with Crippen molar-refractivity contribution < 1.29 is 18.8 Å². The molecule has 0 saturated heterocycles. The van der Waals surface area contributed by atoms with Crippen LogP contribution in [0, 0.1) is 6.92 Å². The van der Waals surface area contributed by atoms with Gasteiger partial charge in [0, 0.05) is 38.5 Å². The van der Waals surface area contributed by atoms with E-state index in [1.54, 1.807) is 48.5 Å². The molecule has 0 spiro atoms. The van der Waals surface area contributed by atoms with Crippen molar-refractivity contribution in [2.75, 3.05) is 10.6 Å². The number of rotatable bonds is 11. The minimum atomic E-state index is -0.562. The Labute approximate surface area is 299 Å². The second-order valence-corrected chi connectivity index (χ2v) is 12.9. The fraction of sp³-hybridized carbons (Fsp3) is 0.0488. The highest BCUT2D eigenvalue weighted by Crippen LogP contribution is 2.37. The molecule has 6 aromatic rings. The van der Waals surface area contributed by atoms with Crippen LogP contribution in [0.5, 0.6) is 0 Å². The van der Waals surface area contributed by atoms with E-state index in [9.17, 15) is 14.4 Å². The lowest BCUT2D eigenvalue weighted by molar-refractivity contribution is -0.116. The molecule has 0 aliphatic heterocycles. The number of amides is 3. The Hall–Kier alpha value is -5.83. The van der Waals surface area contributed by atoms with E-state index in [-0.39, 0.29) is 11.6 Å². The third-order valence-corrected chi connectivity index (χ3v) is 9.32. The number of hydrogen-bond donors (Lipinski definition) is 3. The zero-order valence-electron chi connectivity index (χ0n) is 26.9. The quantitative estimate of drug-likeness (QED) is 0.0925. The molecule has 0 saturated carbocycles. The molecule has 1 heterocycles. The van der Waals surface area contributed by atoms with Gasteiger partial charge in [0.25, 0.3) is 11.8 Å². The number of carbonyl (C=O) groups excluding carboxylic acids is 3. The Balaban J connectivity index is 1.20. The lowest BCUT2D eigenvalue weighted by Gasteiger charge is -2.18. The van der Waals surface area contributed by atoms with Crippen LogP contribution in [0.25, 0.3) is 17.4 Å². The number of aryl methyl sites for hydroxylation is 1. The van der Waals surface area contributed by atoms with Gasteiger partial charge in [0.15, 0.2) is 0 Å². The molecule has 50 heavy (non-hydrogen) atoms. The van der Waals surface area contributed by atoms with Gasteiger partial charge in [-0.2, -0.15) is 0 Å². The average Bonchev–Trinajstić information content (AvgIpc) is 3.62. The Bertz CT molecular complexity index is 2130. The molecule has 0 unspecified atom stereocenters. The van der Waals surface area contributed by atoms with Gasteiger partial charge in [0.05, 0.1) is 0 Å². The Kier molecular flexibility index (Phi) is 10.9. The molecular formula is C41H32ClN3O4S. The topological polar surface area (TPSA) is 100 Å². The molecule has 3 amide bonds. The summed E-state index contributed by atoms with van der Waals surface area (Å²) in [6.07, 6.45) is 1.50. The SMILES string of the molecule is Cc1ccc(NC(=O)[C@H](Sc2ccc(NC(=O)/C(=C\c3ccc(-c4ccccc4)o3)NC(=O)c3ccccc3)cc2)c2ccccc2)cc1Cl. The minimum Gasteiger partial charge on any atom is -0.457 e. The van der Waals surface area contributed by atoms with Crippen LogP contribution in [0.15, 0.2) is 161 Å². The van der Waals surface area contributed by atoms with E-state index in [1.807, 2.05) is 104 Å². The first kappa shape index (κ1) is 34.0. The third-order valence-electron chi connectivity index (χ3n) is 7.65. The van der Waals surface area contributed by atoms with E-state index in [0.29, 0.717) is 33.5 Å². The van der Waals surface area contributed by atoms with Gasteiger partial charge < -0.3 is 20.4 Å². The molecule has 6 rings (SSSR count). The van der Waals surface area contributed by atoms with Crippen LogP contribution in [-0.2, 0) is 9.59 Å². The van der Waals surface area contributed by atoms with Crippen molar-refractivity contribution >= 4 is 58.5 Å². The van der Waals surface area contributed by atoms with Crippen LogP contribution in [0.3, 0.4) is 0 Å². The molecule has 0 radical (unpaired) electrons. The molecule has 1 aromatic heterocycles. The molecule has 9 heteroatoms. The number of carbonyl (C=O) groups is 3. The highest BCUT2D eigenvalue weighted by atomic mass is 35.5. The van der Waals surface area contributed by atoms with Crippen molar-refractivity contribution in [3.8, 4) is 11.3 Å². The summed E-state index contributed by atoms with van der Waals surface area (Å²) in [5.41, 5.74) is 4.16. The molecule has 5 aromatic carbocycles. The highest BCUT2D eigenvalue weighted by Gasteiger charge is 2.23. The summed E-state index contributed by atoms with van der Waals surface area (Å²) in [6.45, 7) is 1.90. The predicted molar refractivity (Wildman–Crippen MR) is 201 cm³/mol. The lowest BCUT2D eigenvalue weighted by atomic mass is 10.1. The molecule has 7 nitrogen and oxygen atoms in total. The Morgan fingerprint density at radius 1 is 0.720 bits per heavy atom. The maximum absolute atomic E-state index is 13.6. The zero-order valence-corrected chi connectivity index (χ0v) is 28.5. The summed E-state index contributed by atoms with van der Waals surface area (Å²) < 4.78 is 6.00. The van der Waals surface area contributed by atoms with Gasteiger partial charge >= 0.3 is 0 Å². The average molecular weight is 698 g/mol. The summed E-state index contributed by atoms with van der Waals surface area (Å²) in [7, 11) is 0. The first-order valence-corrected chi connectivity index (χ1v) is 17.0. The van der Waals surface area contributed by atoms with E-state index in [2.05, 4.69) is 16.0 Å². The number of nitrogens with one attached hydrogen (secondary N) is 3. The third kappa shape index (κ3) is 8.79. The van der Waals surface area contributed by atoms with Gasteiger partial charge in [0.2, 0.25) is 5.91 Å². The summed E-state index contributed by atoms with van der Waals surface area (Å²) in [5.74, 6) is -0.148. The number of anilines is 2. The van der Waals surface area contributed by atoms with Crippen LogP contribution in [0.1, 0.15) is 32.5 Å². The monoisotopic (exact) mass is 697 g/mol. The molecule has 0 fully saturated rings. The normalized spacial score (nSPS) is 11.8. The Morgan fingerprint density at radius 3 is 2.04 bits per heavy atom. The van der Waals surface area contributed by atoms with E-state index in [4.69, 9.17) is 16.0 Å². The number of benzene rings is 5.